The first-order valence-electron chi connectivity index (χ1n) is 7.51. The molecule has 1 N–H and O–H groups in total. The highest BCUT2D eigenvalue weighted by Crippen LogP contribution is 2.41. The van der Waals surface area contributed by atoms with Crippen LogP contribution in [0.5, 0.6) is 5.75 Å². The van der Waals surface area contributed by atoms with Gasteiger partial charge in [0.1, 0.15) is 5.75 Å². The van der Waals surface area contributed by atoms with Gasteiger partial charge in [-0.1, -0.05) is 6.42 Å². The molecule has 1 aliphatic heterocycles. The second-order valence-corrected chi connectivity index (χ2v) is 6.42. The normalized spacial score (nSPS) is 23.0. The van der Waals surface area contributed by atoms with Crippen molar-refractivity contribution in [2.24, 2.45) is 0 Å². The van der Waals surface area contributed by atoms with Crippen LogP contribution in [0, 0.1) is 0 Å². The Labute approximate surface area is 129 Å². The molecule has 110 valence electrons. The molecule has 0 spiro atoms. The van der Waals surface area contributed by atoms with Gasteiger partial charge in [-0.25, -0.2) is 0 Å². The summed E-state index contributed by atoms with van der Waals surface area (Å²) in [6.07, 6.45) is 6.31. The van der Waals surface area contributed by atoms with Crippen molar-refractivity contribution in [2.75, 3.05) is 26.8 Å². The van der Waals surface area contributed by atoms with E-state index in [1.54, 1.807) is 7.11 Å². The van der Waals surface area contributed by atoms with Gasteiger partial charge in [-0.3, -0.25) is 0 Å². The molecule has 2 aliphatic rings. The maximum atomic E-state index is 6.01. The summed E-state index contributed by atoms with van der Waals surface area (Å²) in [6.45, 7) is 2.59. The van der Waals surface area contributed by atoms with E-state index >= 15 is 0 Å². The van der Waals surface area contributed by atoms with Crippen LogP contribution in [0.3, 0.4) is 0 Å². The van der Waals surface area contributed by atoms with Crippen molar-refractivity contribution in [2.45, 2.75) is 38.2 Å². The fraction of sp³-hybridized carbons (Fsp3) is 0.625. The lowest BCUT2D eigenvalue weighted by molar-refractivity contribution is 0.0256. The Balaban J connectivity index is 2.09. The number of rotatable bonds is 2. The van der Waals surface area contributed by atoms with E-state index < -0.39 is 0 Å². The topological polar surface area (TPSA) is 30.5 Å². The summed E-state index contributed by atoms with van der Waals surface area (Å²) < 4.78 is 12.7. The molecule has 1 atom stereocenters. The summed E-state index contributed by atoms with van der Waals surface area (Å²) in [5, 5.41) is 3.43. The molecule has 0 amide bonds. The van der Waals surface area contributed by atoms with Gasteiger partial charge < -0.3 is 14.8 Å². The highest BCUT2D eigenvalue weighted by Gasteiger charge is 2.27. The lowest BCUT2D eigenvalue weighted by atomic mass is 9.92. The summed E-state index contributed by atoms with van der Waals surface area (Å²) in [4.78, 5) is 0. The number of nitrogens with one attached hydrogen (secondary N) is 1. The highest BCUT2D eigenvalue weighted by atomic mass is 79.9. The molecule has 4 heteroatoms. The molecule has 0 aromatic heterocycles. The molecule has 1 unspecified atom stereocenters. The largest absolute Gasteiger partial charge is 0.495 e. The number of halogens is 1. The van der Waals surface area contributed by atoms with Gasteiger partial charge in [-0.15, -0.1) is 0 Å². The molecule has 0 saturated carbocycles. The Morgan fingerprint density at radius 2 is 2.15 bits per heavy atom. The van der Waals surface area contributed by atoms with E-state index in [4.69, 9.17) is 9.47 Å². The molecule has 1 aliphatic carbocycles. The van der Waals surface area contributed by atoms with E-state index in [0.717, 1.165) is 36.3 Å². The molecule has 3 rings (SSSR count). The van der Waals surface area contributed by atoms with Gasteiger partial charge in [0.2, 0.25) is 0 Å². The third-order valence-corrected chi connectivity index (χ3v) is 4.89. The summed E-state index contributed by atoms with van der Waals surface area (Å²) in [5.41, 5.74) is 4.21. The van der Waals surface area contributed by atoms with Gasteiger partial charge in [-0.05, 0) is 58.8 Å². The minimum absolute atomic E-state index is 0.114. The lowest BCUT2D eigenvalue weighted by Gasteiger charge is -2.29. The first-order chi connectivity index (χ1) is 9.81. The predicted molar refractivity (Wildman–Crippen MR) is 83.5 cm³/mol. The molecule has 1 aromatic rings. The third kappa shape index (κ3) is 2.74. The standard InChI is InChI=1S/C16H22BrNO2/c1-19-16-13(17)9-11-5-3-2-4-6-12(11)15(16)14-10-18-7-8-20-14/h9,14,18H,2-8,10H2,1H3. The van der Waals surface area contributed by atoms with E-state index in [0.29, 0.717) is 0 Å². The van der Waals surface area contributed by atoms with Crippen LogP contribution in [0.4, 0.5) is 0 Å². The maximum Gasteiger partial charge on any atom is 0.139 e. The molecule has 1 fully saturated rings. The second kappa shape index (κ2) is 6.46. The highest BCUT2D eigenvalue weighted by molar-refractivity contribution is 9.10. The lowest BCUT2D eigenvalue weighted by Crippen LogP contribution is -2.34. The van der Waals surface area contributed by atoms with Crippen LogP contribution >= 0.6 is 15.9 Å². The zero-order chi connectivity index (χ0) is 13.9. The minimum Gasteiger partial charge on any atom is -0.495 e. The van der Waals surface area contributed by atoms with Crippen molar-refractivity contribution in [3.63, 3.8) is 0 Å². The molecule has 1 aromatic carbocycles. The summed E-state index contributed by atoms with van der Waals surface area (Å²) in [5.74, 6) is 0.958. The molecule has 0 bridgehead atoms. The molecule has 0 radical (unpaired) electrons. The van der Waals surface area contributed by atoms with E-state index in [1.807, 2.05) is 0 Å². The van der Waals surface area contributed by atoms with Crippen molar-refractivity contribution in [3.05, 3.63) is 27.2 Å². The zero-order valence-electron chi connectivity index (χ0n) is 12.0. The van der Waals surface area contributed by atoms with Crippen molar-refractivity contribution in [1.82, 2.24) is 5.32 Å². The smallest absolute Gasteiger partial charge is 0.139 e. The van der Waals surface area contributed by atoms with Gasteiger partial charge >= 0.3 is 0 Å². The molecule has 1 heterocycles. The Hall–Kier alpha value is -0.580. The number of hydrogen-bond donors (Lipinski definition) is 1. The van der Waals surface area contributed by atoms with E-state index in [1.165, 1.54) is 42.4 Å². The van der Waals surface area contributed by atoms with Crippen LogP contribution in [0.1, 0.15) is 42.1 Å². The SMILES string of the molecule is COc1c(Br)cc2c(c1C1CNCCO1)CCCCC2. The van der Waals surface area contributed by atoms with E-state index in [9.17, 15) is 0 Å². The molecular formula is C16H22BrNO2. The van der Waals surface area contributed by atoms with Gasteiger partial charge in [0.05, 0.1) is 24.3 Å². The first kappa shape index (κ1) is 14.4. The van der Waals surface area contributed by atoms with Gasteiger partial charge in [0.25, 0.3) is 0 Å². The summed E-state index contributed by atoms with van der Waals surface area (Å²) in [7, 11) is 1.75. The Morgan fingerprint density at radius 3 is 2.90 bits per heavy atom. The Bertz CT molecular complexity index is 484. The fourth-order valence-electron chi connectivity index (χ4n) is 3.36. The number of benzene rings is 1. The number of hydrogen-bond acceptors (Lipinski definition) is 3. The molecular weight excluding hydrogens is 318 g/mol. The van der Waals surface area contributed by atoms with Crippen LogP contribution in [0.15, 0.2) is 10.5 Å². The molecule has 20 heavy (non-hydrogen) atoms. The van der Waals surface area contributed by atoms with Crippen molar-refractivity contribution in [1.29, 1.82) is 0 Å². The van der Waals surface area contributed by atoms with Crippen molar-refractivity contribution >= 4 is 15.9 Å². The Kier molecular flexibility index (Phi) is 4.64. The van der Waals surface area contributed by atoms with Gasteiger partial charge in [0, 0.05) is 18.7 Å². The number of ether oxygens (including phenoxy) is 2. The number of morpholine rings is 1. The maximum absolute atomic E-state index is 6.01. The number of fused-ring (bicyclic) bond motifs is 1. The fourth-order valence-corrected chi connectivity index (χ4v) is 4.01. The average molecular weight is 340 g/mol. The van der Waals surface area contributed by atoms with Crippen LogP contribution < -0.4 is 10.1 Å². The van der Waals surface area contributed by atoms with Gasteiger partial charge in [-0.2, -0.15) is 0 Å². The quantitative estimate of drug-likeness (QED) is 0.838. The van der Waals surface area contributed by atoms with Gasteiger partial charge in [0.15, 0.2) is 0 Å². The molecule has 1 saturated heterocycles. The van der Waals surface area contributed by atoms with Crippen molar-refractivity contribution < 1.29 is 9.47 Å². The second-order valence-electron chi connectivity index (χ2n) is 5.57. The van der Waals surface area contributed by atoms with Crippen LogP contribution in [-0.2, 0) is 17.6 Å². The third-order valence-electron chi connectivity index (χ3n) is 4.30. The van der Waals surface area contributed by atoms with E-state index in [-0.39, 0.29) is 6.10 Å². The van der Waals surface area contributed by atoms with E-state index in [2.05, 4.69) is 27.3 Å². The minimum atomic E-state index is 0.114. The number of methoxy groups -OCH3 is 1. The first-order valence-corrected chi connectivity index (χ1v) is 8.31. The Morgan fingerprint density at radius 1 is 1.30 bits per heavy atom. The predicted octanol–water partition coefficient (Wildman–Crippen LogP) is 3.39. The van der Waals surface area contributed by atoms with Crippen molar-refractivity contribution in [3.8, 4) is 5.75 Å². The van der Waals surface area contributed by atoms with Crippen LogP contribution in [0.25, 0.3) is 0 Å². The number of aryl methyl sites for hydroxylation is 1. The monoisotopic (exact) mass is 339 g/mol. The van der Waals surface area contributed by atoms with Crippen LogP contribution in [0.2, 0.25) is 0 Å². The zero-order valence-corrected chi connectivity index (χ0v) is 13.6. The average Bonchev–Trinajstić information content (AvgIpc) is 2.71. The summed E-state index contributed by atoms with van der Waals surface area (Å²) >= 11 is 3.68. The summed E-state index contributed by atoms with van der Waals surface area (Å²) in [6, 6.07) is 2.25. The van der Waals surface area contributed by atoms with Crippen LogP contribution in [-0.4, -0.2) is 26.8 Å². The molecule has 3 nitrogen and oxygen atoms in total.